The summed E-state index contributed by atoms with van der Waals surface area (Å²) in [6.07, 6.45) is 0.187. The number of hydrogen-bond acceptors (Lipinski definition) is 2. The smallest absolute Gasteiger partial charge is 0.164 e. The number of benzene rings is 2. The first kappa shape index (κ1) is 15.4. The van der Waals surface area contributed by atoms with E-state index in [-0.39, 0.29) is 45.7 Å². The van der Waals surface area contributed by atoms with Crippen LogP contribution in [0.25, 0.3) is 0 Å². The standard InChI is InChI=1S/C15H7B4ClO2/c16-11-10(12(17)15(22)14(19)13(11)18)8-4-9(21)7-3-5(20)1-2-6(7)8/h1-3,8,22H,4H2. The van der Waals surface area contributed by atoms with E-state index in [0.717, 1.165) is 5.56 Å². The molecule has 1 aliphatic carbocycles. The zero-order chi connectivity index (χ0) is 16.2. The van der Waals surface area contributed by atoms with Gasteiger partial charge >= 0.3 is 0 Å². The number of carbonyl (C=O) groups excluding carboxylic acids is 1. The van der Waals surface area contributed by atoms with E-state index < -0.39 is 0 Å². The molecule has 8 radical (unpaired) electrons. The van der Waals surface area contributed by atoms with E-state index in [9.17, 15) is 9.90 Å². The Balaban J connectivity index is 2.26. The number of phenols is 1. The predicted octanol–water partition coefficient (Wildman–Crippen LogP) is -1.06. The lowest BCUT2D eigenvalue weighted by Crippen LogP contribution is -2.46. The molecule has 2 nitrogen and oxygen atoms in total. The Morgan fingerprint density at radius 1 is 1.05 bits per heavy atom. The van der Waals surface area contributed by atoms with Crippen molar-refractivity contribution in [3.8, 4) is 5.75 Å². The molecule has 0 saturated carbocycles. The highest BCUT2D eigenvalue weighted by Crippen LogP contribution is 2.38. The number of fused-ring (bicyclic) bond motifs is 1. The Hall–Kier alpha value is -1.54. The SMILES string of the molecule is [B]c1c([B])c(O)c([B])c(C2CC(=O)c3cc(Cl)ccc32)c1[B]. The van der Waals surface area contributed by atoms with Gasteiger partial charge in [0, 0.05) is 22.9 Å². The van der Waals surface area contributed by atoms with E-state index in [1.807, 2.05) is 0 Å². The number of Topliss-reactive ketones (excluding diaryl/α,β-unsaturated/α-hetero) is 1. The van der Waals surface area contributed by atoms with Crippen LogP contribution in [0, 0.1) is 0 Å². The Kier molecular flexibility index (Phi) is 3.68. The number of aromatic hydroxyl groups is 1. The highest BCUT2D eigenvalue weighted by atomic mass is 35.5. The second-order valence-corrected chi connectivity index (χ2v) is 5.76. The van der Waals surface area contributed by atoms with Crippen molar-refractivity contribution in [2.45, 2.75) is 12.3 Å². The fraction of sp³-hybridized carbons (Fsp3) is 0.133. The van der Waals surface area contributed by atoms with E-state index in [0.29, 0.717) is 16.1 Å². The molecule has 2 aromatic rings. The summed E-state index contributed by atoms with van der Waals surface area (Å²) < 4.78 is 0. The van der Waals surface area contributed by atoms with E-state index in [4.69, 9.17) is 43.0 Å². The molecule has 98 valence electrons. The quantitative estimate of drug-likeness (QED) is 0.682. The van der Waals surface area contributed by atoms with Crippen molar-refractivity contribution in [3.05, 3.63) is 39.9 Å². The molecule has 1 aliphatic rings. The van der Waals surface area contributed by atoms with E-state index >= 15 is 0 Å². The van der Waals surface area contributed by atoms with Crippen molar-refractivity contribution in [1.82, 2.24) is 0 Å². The Bertz CT molecular complexity index is 791. The highest BCUT2D eigenvalue weighted by molar-refractivity contribution is 6.60. The number of rotatable bonds is 1. The van der Waals surface area contributed by atoms with Gasteiger partial charge in [0.1, 0.15) is 37.1 Å². The molecule has 0 aliphatic heterocycles. The van der Waals surface area contributed by atoms with Gasteiger partial charge in [-0.05, 0) is 17.7 Å². The zero-order valence-electron chi connectivity index (χ0n) is 11.6. The van der Waals surface area contributed by atoms with Gasteiger partial charge in [0.25, 0.3) is 0 Å². The minimum Gasteiger partial charge on any atom is -0.509 e. The maximum Gasteiger partial charge on any atom is 0.164 e. The average molecular weight is 298 g/mol. The zero-order valence-corrected chi connectivity index (χ0v) is 12.3. The third kappa shape index (κ3) is 2.13. The van der Waals surface area contributed by atoms with Crippen LogP contribution in [0.3, 0.4) is 0 Å². The Morgan fingerprint density at radius 3 is 2.41 bits per heavy atom. The van der Waals surface area contributed by atoms with Gasteiger partial charge in [-0.25, -0.2) is 0 Å². The van der Waals surface area contributed by atoms with Gasteiger partial charge in [0.15, 0.2) is 5.78 Å². The van der Waals surface area contributed by atoms with Gasteiger partial charge in [-0.15, -0.1) is 10.9 Å². The fourth-order valence-corrected chi connectivity index (χ4v) is 3.12. The molecule has 1 unspecified atom stereocenters. The van der Waals surface area contributed by atoms with Crippen LogP contribution in [0.1, 0.15) is 33.8 Å². The van der Waals surface area contributed by atoms with Gasteiger partial charge in [0.05, 0.1) is 0 Å². The molecule has 2 aromatic carbocycles. The largest absolute Gasteiger partial charge is 0.509 e. The Labute approximate surface area is 138 Å². The third-order valence-corrected chi connectivity index (χ3v) is 4.34. The van der Waals surface area contributed by atoms with Gasteiger partial charge in [-0.2, -0.15) is 0 Å². The van der Waals surface area contributed by atoms with Crippen LogP contribution in [0.5, 0.6) is 5.75 Å². The molecular formula is C15H7B4ClO2. The minimum absolute atomic E-state index is 0.0461. The monoisotopic (exact) mass is 298 g/mol. The number of phenolic OH excluding ortho intramolecular Hbond substituents is 1. The van der Waals surface area contributed by atoms with E-state index in [1.165, 1.54) is 0 Å². The van der Waals surface area contributed by atoms with Gasteiger partial charge in [0.2, 0.25) is 0 Å². The van der Waals surface area contributed by atoms with Gasteiger partial charge < -0.3 is 5.11 Å². The second kappa shape index (κ2) is 5.27. The topological polar surface area (TPSA) is 37.3 Å². The first-order valence-electron chi connectivity index (χ1n) is 6.60. The normalized spacial score (nSPS) is 16.8. The molecule has 0 fully saturated rings. The molecule has 1 N–H and O–H groups in total. The van der Waals surface area contributed by atoms with Crippen molar-refractivity contribution >= 4 is 70.6 Å². The molecule has 0 aromatic heterocycles. The molecule has 0 heterocycles. The molecule has 0 saturated heterocycles. The minimum atomic E-state index is -0.381. The lowest BCUT2D eigenvalue weighted by atomic mass is 9.63. The third-order valence-electron chi connectivity index (χ3n) is 4.10. The molecular weight excluding hydrogens is 291 g/mol. The second-order valence-electron chi connectivity index (χ2n) is 5.33. The summed E-state index contributed by atoms with van der Waals surface area (Å²) in [5, 5.41) is 10.5. The van der Waals surface area contributed by atoms with Crippen LogP contribution in [0.4, 0.5) is 0 Å². The summed E-state index contributed by atoms with van der Waals surface area (Å²) in [4.78, 5) is 12.2. The van der Waals surface area contributed by atoms with Crippen molar-refractivity contribution in [1.29, 1.82) is 0 Å². The molecule has 0 amide bonds. The van der Waals surface area contributed by atoms with Crippen molar-refractivity contribution in [3.63, 3.8) is 0 Å². The van der Waals surface area contributed by atoms with Crippen LogP contribution in [0.2, 0.25) is 5.02 Å². The lowest BCUT2D eigenvalue weighted by Gasteiger charge is -2.23. The Morgan fingerprint density at radius 2 is 1.73 bits per heavy atom. The van der Waals surface area contributed by atoms with Crippen LogP contribution in [0.15, 0.2) is 18.2 Å². The number of carbonyl (C=O) groups is 1. The first-order valence-corrected chi connectivity index (χ1v) is 6.98. The summed E-state index contributed by atoms with van der Waals surface area (Å²) >= 11 is 5.94. The number of ketones is 1. The fourth-order valence-electron chi connectivity index (χ4n) is 2.95. The van der Waals surface area contributed by atoms with E-state index in [1.54, 1.807) is 18.2 Å². The molecule has 3 rings (SSSR count). The summed E-state index contributed by atoms with van der Waals surface area (Å²) in [5.41, 5.74) is 1.97. The van der Waals surface area contributed by atoms with Gasteiger partial charge in [-0.1, -0.05) is 34.2 Å². The molecule has 0 spiro atoms. The van der Waals surface area contributed by atoms with Crippen LogP contribution < -0.4 is 21.9 Å². The molecule has 1 atom stereocenters. The first-order chi connectivity index (χ1) is 10.3. The maximum atomic E-state index is 12.2. The van der Waals surface area contributed by atoms with Crippen molar-refractivity contribution in [2.24, 2.45) is 0 Å². The number of halogens is 1. The maximum absolute atomic E-state index is 12.2. The predicted molar refractivity (Wildman–Crippen MR) is 91.9 cm³/mol. The summed E-state index contributed by atoms with van der Waals surface area (Å²) in [6, 6.07) is 5.07. The molecule has 0 bridgehead atoms. The van der Waals surface area contributed by atoms with Crippen LogP contribution in [-0.2, 0) is 0 Å². The summed E-state index contributed by atoms with van der Waals surface area (Å²) in [5.74, 6) is -0.749. The summed E-state index contributed by atoms with van der Waals surface area (Å²) in [6.45, 7) is 0. The van der Waals surface area contributed by atoms with E-state index in [2.05, 4.69) is 0 Å². The molecule has 22 heavy (non-hydrogen) atoms. The van der Waals surface area contributed by atoms with Crippen LogP contribution in [-0.4, -0.2) is 42.3 Å². The van der Waals surface area contributed by atoms with Crippen molar-refractivity contribution in [2.75, 3.05) is 0 Å². The van der Waals surface area contributed by atoms with Gasteiger partial charge in [-0.3, -0.25) is 4.79 Å². The van der Waals surface area contributed by atoms with Crippen molar-refractivity contribution < 1.29 is 9.90 Å². The highest BCUT2D eigenvalue weighted by Gasteiger charge is 2.33. The van der Waals surface area contributed by atoms with Crippen LogP contribution >= 0.6 is 11.6 Å². The summed E-state index contributed by atoms with van der Waals surface area (Å²) in [7, 11) is 23.5. The lowest BCUT2D eigenvalue weighted by molar-refractivity contribution is 0.0991. The number of hydrogen-bond donors (Lipinski definition) is 1. The molecule has 7 heteroatoms. The average Bonchev–Trinajstić information content (AvgIpc) is 2.80.